The van der Waals surface area contributed by atoms with Gasteiger partial charge in [-0.05, 0) is 61.2 Å². The number of nitrogens with zero attached hydrogens (tertiary/aromatic N) is 4. The van der Waals surface area contributed by atoms with Crippen LogP contribution in [-0.4, -0.2) is 56.5 Å². The van der Waals surface area contributed by atoms with Crippen LogP contribution in [0.25, 0.3) is 55.8 Å². The summed E-state index contributed by atoms with van der Waals surface area (Å²) in [5.41, 5.74) is 4.60. The van der Waals surface area contributed by atoms with E-state index in [0.29, 0.717) is 61.5 Å². The van der Waals surface area contributed by atoms with Crippen LogP contribution in [-0.2, 0) is 21.1 Å². The minimum absolute atomic E-state index is 0.0163. The number of aromatic amines is 2. The molecule has 1 aliphatic rings. The number of aromatic nitrogens is 6. The van der Waals surface area contributed by atoms with Crippen molar-refractivity contribution in [1.29, 1.82) is 0 Å². The summed E-state index contributed by atoms with van der Waals surface area (Å²) in [6.07, 6.45) is 7.65. The van der Waals surface area contributed by atoms with Gasteiger partial charge >= 0.3 is 0 Å². The summed E-state index contributed by atoms with van der Waals surface area (Å²) in [5, 5.41) is 10.7. The molecule has 2 aromatic carbocycles. The molecule has 0 radical (unpaired) electrons. The molecule has 7 rings (SSSR count). The molecule has 0 saturated heterocycles. The number of rotatable bonds is 8. The van der Waals surface area contributed by atoms with Crippen molar-refractivity contribution in [1.82, 2.24) is 30.1 Å². The maximum Gasteiger partial charge on any atom is 0.227 e. The number of pyridine rings is 2. The molecule has 222 valence electrons. The SMILES string of the molecule is CS(=O)(=O)CCc1cc(F)cc(-c2nccc3[nH]c(-c4n[nH]c5cc(F)c(-c6cncc(NC(=O)C7CC7)c6)cc45)nc23)c1. The van der Waals surface area contributed by atoms with E-state index < -0.39 is 21.5 Å². The van der Waals surface area contributed by atoms with Crippen LogP contribution in [0.2, 0.25) is 0 Å². The highest BCUT2D eigenvalue weighted by atomic mass is 32.2. The first-order chi connectivity index (χ1) is 21.1. The number of amides is 1. The second-order valence-electron chi connectivity index (χ2n) is 11.0. The lowest BCUT2D eigenvalue weighted by Crippen LogP contribution is -2.13. The van der Waals surface area contributed by atoms with Gasteiger partial charge in [-0.15, -0.1) is 0 Å². The number of nitrogens with one attached hydrogen (secondary N) is 3. The highest BCUT2D eigenvalue weighted by Crippen LogP contribution is 2.35. The first-order valence-corrected chi connectivity index (χ1v) is 15.9. The van der Waals surface area contributed by atoms with Gasteiger partial charge in [-0.25, -0.2) is 22.2 Å². The third-order valence-electron chi connectivity index (χ3n) is 7.53. The van der Waals surface area contributed by atoms with E-state index in [4.69, 9.17) is 4.98 Å². The molecule has 1 aliphatic carbocycles. The number of H-pyrrole nitrogens is 2. The zero-order chi connectivity index (χ0) is 30.6. The largest absolute Gasteiger partial charge is 0.336 e. The maximum atomic E-state index is 15.3. The molecule has 4 heterocycles. The van der Waals surface area contributed by atoms with Crippen LogP contribution in [0.5, 0.6) is 0 Å². The summed E-state index contributed by atoms with van der Waals surface area (Å²) < 4.78 is 53.2. The van der Waals surface area contributed by atoms with Crippen LogP contribution in [0.4, 0.5) is 14.5 Å². The summed E-state index contributed by atoms with van der Waals surface area (Å²) in [6.45, 7) is 0. The molecule has 13 heteroatoms. The van der Waals surface area contributed by atoms with Gasteiger partial charge in [0.25, 0.3) is 0 Å². The summed E-state index contributed by atoms with van der Waals surface area (Å²) in [6, 6.07) is 10.7. The van der Waals surface area contributed by atoms with Gasteiger partial charge in [0.05, 0.1) is 34.4 Å². The number of carbonyl (C=O) groups is 1. The number of carbonyl (C=O) groups excluding carboxylic acids is 1. The number of benzene rings is 2. The number of sulfone groups is 1. The Bertz CT molecular complexity index is 2210. The lowest BCUT2D eigenvalue weighted by molar-refractivity contribution is -0.117. The monoisotopic (exact) mass is 613 g/mol. The molecule has 0 spiro atoms. The van der Waals surface area contributed by atoms with E-state index in [-0.39, 0.29) is 29.6 Å². The molecule has 0 unspecified atom stereocenters. The van der Waals surface area contributed by atoms with Gasteiger partial charge in [0.2, 0.25) is 5.91 Å². The van der Waals surface area contributed by atoms with E-state index in [1.807, 2.05) is 0 Å². The second kappa shape index (κ2) is 10.6. The predicted molar refractivity (Wildman–Crippen MR) is 162 cm³/mol. The molecule has 0 aliphatic heterocycles. The molecular formula is C31H25F2N7O3S. The van der Waals surface area contributed by atoms with Crippen LogP contribution < -0.4 is 5.32 Å². The Balaban J connectivity index is 1.27. The molecule has 4 aromatic heterocycles. The molecule has 44 heavy (non-hydrogen) atoms. The van der Waals surface area contributed by atoms with E-state index in [1.165, 1.54) is 30.6 Å². The van der Waals surface area contributed by atoms with E-state index >= 15 is 4.39 Å². The third kappa shape index (κ3) is 5.53. The minimum atomic E-state index is -3.23. The highest BCUT2D eigenvalue weighted by Gasteiger charge is 2.29. The van der Waals surface area contributed by atoms with E-state index in [0.717, 1.165) is 19.1 Å². The van der Waals surface area contributed by atoms with Crippen molar-refractivity contribution in [3.63, 3.8) is 0 Å². The third-order valence-corrected chi connectivity index (χ3v) is 8.48. The van der Waals surface area contributed by atoms with Gasteiger partial charge in [0.1, 0.15) is 32.7 Å². The van der Waals surface area contributed by atoms with Crippen LogP contribution in [0.15, 0.2) is 61.1 Å². The zero-order valence-corrected chi connectivity index (χ0v) is 24.2. The quantitative estimate of drug-likeness (QED) is 0.207. The Labute approximate surface area is 249 Å². The molecule has 6 aromatic rings. The molecule has 10 nitrogen and oxygen atoms in total. The molecule has 1 saturated carbocycles. The Kier molecular flexibility index (Phi) is 6.69. The van der Waals surface area contributed by atoms with Crippen molar-refractivity contribution in [3.05, 3.63) is 78.3 Å². The van der Waals surface area contributed by atoms with Gasteiger partial charge in [-0.3, -0.25) is 19.9 Å². The number of hydrogen-bond donors (Lipinski definition) is 3. The van der Waals surface area contributed by atoms with Crippen molar-refractivity contribution < 1.29 is 22.0 Å². The molecule has 0 bridgehead atoms. The lowest BCUT2D eigenvalue weighted by Gasteiger charge is -2.08. The van der Waals surface area contributed by atoms with E-state index in [2.05, 4.69) is 30.5 Å². The van der Waals surface area contributed by atoms with Gasteiger partial charge in [0.15, 0.2) is 5.82 Å². The Morgan fingerprint density at radius 3 is 2.66 bits per heavy atom. The zero-order valence-electron chi connectivity index (χ0n) is 23.4. The average molecular weight is 614 g/mol. The van der Waals surface area contributed by atoms with Gasteiger partial charge in [0, 0.05) is 52.7 Å². The highest BCUT2D eigenvalue weighted by molar-refractivity contribution is 7.90. The fourth-order valence-corrected chi connectivity index (χ4v) is 5.79. The smallest absolute Gasteiger partial charge is 0.227 e. The number of aryl methyl sites for hydroxylation is 1. The first-order valence-electron chi connectivity index (χ1n) is 13.9. The number of hydrogen-bond acceptors (Lipinski definition) is 7. The normalized spacial score (nSPS) is 13.5. The van der Waals surface area contributed by atoms with Crippen molar-refractivity contribution in [2.75, 3.05) is 17.3 Å². The molecule has 1 fully saturated rings. The number of fused-ring (bicyclic) bond motifs is 2. The van der Waals surface area contributed by atoms with Crippen molar-refractivity contribution in [2.45, 2.75) is 19.3 Å². The van der Waals surface area contributed by atoms with Crippen LogP contribution in [0.1, 0.15) is 18.4 Å². The maximum absolute atomic E-state index is 15.3. The van der Waals surface area contributed by atoms with Crippen molar-refractivity contribution in [3.8, 4) is 33.9 Å². The number of anilines is 1. The fourth-order valence-electron chi connectivity index (χ4n) is 5.18. The summed E-state index contributed by atoms with van der Waals surface area (Å²) in [5.74, 6) is -0.783. The van der Waals surface area contributed by atoms with Gasteiger partial charge in [-0.1, -0.05) is 0 Å². The van der Waals surface area contributed by atoms with Crippen molar-refractivity contribution in [2.24, 2.45) is 5.92 Å². The minimum Gasteiger partial charge on any atom is -0.336 e. The first kappa shape index (κ1) is 27.8. The van der Waals surface area contributed by atoms with E-state index in [9.17, 15) is 17.6 Å². The molecule has 1 amide bonds. The predicted octanol–water partition coefficient (Wildman–Crippen LogP) is 5.44. The topological polar surface area (TPSA) is 146 Å². The van der Waals surface area contributed by atoms with Gasteiger partial charge < -0.3 is 10.3 Å². The number of imidazole rings is 1. The molecular weight excluding hydrogens is 588 g/mol. The summed E-state index contributed by atoms with van der Waals surface area (Å²) in [7, 11) is -3.23. The van der Waals surface area contributed by atoms with Crippen LogP contribution in [0.3, 0.4) is 0 Å². The van der Waals surface area contributed by atoms with Crippen molar-refractivity contribution >= 4 is 43.4 Å². The molecule has 3 N–H and O–H groups in total. The van der Waals surface area contributed by atoms with E-state index in [1.54, 1.807) is 30.5 Å². The number of halogens is 2. The second-order valence-corrected chi connectivity index (χ2v) is 13.3. The Morgan fingerprint density at radius 2 is 1.86 bits per heavy atom. The standard InChI is InChI=1S/C31H25F2N7O3S/c1-44(42,43)7-5-16-8-18(10-20(32)9-16)27-29-25(4-6-35-27)37-30(38-29)28-23-12-22(24(33)13-26(23)39-40-28)19-11-21(15-34-14-19)36-31(41)17-2-3-17/h4,6,8-15,17H,2-3,5,7H2,1H3,(H,36,41)(H,37,38)(H,39,40). The summed E-state index contributed by atoms with van der Waals surface area (Å²) in [4.78, 5) is 28.9. The lowest BCUT2D eigenvalue weighted by atomic mass is 10.0. The fraction of sp³-hybridized carbons (Fsp3) is 0.194. The molecule has 0 atom stereocenters. The summed E-state index contributed by atoms with van der Waals surface area (Å²) >= 11 is 0. The van der Waals surface area contributed by atoms with Crippen LogP contribution >= 0.6 is 0 Å². The Hall–Kier alpha value is -5.04. The average Bonchev–Trinajstić information content (AvgIpc) is 3.62. The van der Waals surface area contributed by atoms with Crippen LogP contribution in [0, 0.1) is 17.6 Å². The van der Waals surface area contributed by atoms with Gasteiger partial charge in [-0.2, -0.15) is 5.10 Å². The Morgan fingerprint density at radius 1 is 1.02 bits per heavy atom.